The molecule has 1 aliphatic rings. The number of hydrogen-bond acceptors (Lipinski definition) is 6. The molecule has 0 spiro atoms. The molecule has 10 heteroatoms. The number of nitrogens with one attached hydrogen (secondary N) is 2. The number of furan rings is 1. The van der Waals surface area contributed by atoms with Crippen LogP contribution in [0.15, 0.2) is 39.8 Å². The van der Waals surface area contributed by atoms with Crippen molar-refractivity contribution in [3.8, 4) is 0 Å². The van der Waals surface area contributed by atoms with E-state index in [4.69, 9.17) is 4.42 Å². The van der Waals surface area contributed by atoms with Gasteiger partial charge in [0.05, 0.1) is 0 Å². The average molecular weight is 378 g/mol. The molecular weight excluding hydrogens is 360 g/mol. The molecule has 1 fully saturated rings. The lowest BCUT2D eigenvalue weighted by molar-refractivity contribution is 0.0828. The summed E-state index contributed by atoms with van der Waals surface area (Å²) in [6, 6.07) is 5.95. The highest BCUT2D eigenvalue weighted by molar-refractivity contribution is 7.89. The van der Waals surface area contributed by atoms with E-state index in [1.807, 2.05) is 0 Å². The van der Waals surface area contributed by atoms with Crippen LogP contribution in [0.5, 0.6) is 0 Å². The second-order valence-corrected chi connectivity index (χ2v) is 7.67. The third-order valence-electron chi connectivity index (χ3n) is 3.97. The maximum atomic E-state index is 12.6. The zero-order valence-electron chi connectivity index (χ0n) is 14.1. The Morgan fingerprint density at radius 1 is 1.15 bits per heavy atom. The average Bonchev–Trinajstić information content (AvgIpc) is 3.30. The van der Waals surface area contributed by atoms with Gasteiger partial charge in [-0.15, -0.1) is 0 Å². The van der Waals surface area contributed by atoms with E-state index in [1.54, 1.807) is 12.1 Å². The summed E-state index contributed by atoms with van der Waals surface area (Å²) in [7, 11) is -3.69. The number of amides is 2. The third kappa shape index (κ3) is 3.60. The van der Waals surface area contributed by atoms with E-state index in [-0.39, 0.29) is 22.1 Å². The monoisotopic (exact) mass is 378 g/mol. The molecule has 2 aromatic heterocycles. The standard InChI is InChI=1S/C16H18N4O5S/c1-11-14(26(23,24)20-8-4-5-9-20)10-13(25-11)16(22)19-18-15(21)12-6-2-3-7-17-12/h2-3,6-7,10H,4-5,8-9H2,1H3,(H,18,21)(H,19,22). The van der Waals surface area contributed by atoms with E-state index in [0.717, 1.165) is 12.8 Å². The molecule has 1 aliphatic heterocycles. The van der Waals surface area contributed by atoms with Gasteiger partial charge in [0.2, 0.25) is 10.0 Å². The van der Waals surface area contributed by atoms with Crippen LogP contribution in [0.4, 0.5) is 0 Å². The molecule has 0 bridgehead atoms. The van der Waals surface area contributed by atoms with Crippen LogP contribution in [0.25, 0.3) is 0 Å². The second kappa shape index (κ2) is 7.26. The first-order valence-electron chi connectivity index (χ1n) is 8.02. The highest BCUT2D eigenvalue weighted by atomic mass is 32.2. The van der Waals surface area contributed by atoms with Gasteiger partial charge in [-0.25, -0.2) is 8.42 Å². The van der Waals surface area contributed by atoms with Crippen LogP contribution in [0.2, 0.25) is 0 Å². The molecule has 0 radical (unpaired) electrons. The summed E-state index contributed by atoms with van der Waals surface area (Å²) >= 11 is 0. The molecule has 138 valence electrons. The fourth-order valence-corrected chi connectivity index (χ4v) is 4.32. The molecule has 1 saturated heterocycles. The lowest BCUT2D eigenvalue weighted by Gasteiger charge is -2.14. The summed E-state index contributed by atoms with van der Waals surface area (Å²) in [5.74, 6) is -1.45. The van der Waals surface area contributed by atoms with Crippen LogP contribution in [-0.2, 0) is 10.0 Å². The molecule has 0 aliphatic carbocycles. The Morgan fingerprint density at radius 2 is 1.85 bits per heavy atom. The number of hydrazine groups is 1. The number of aromatic nitrogens is 1. The number of pyridine rings is 1. The second-order valence-electron chi connectivity index (χ2n) is 5.77. The van der Waals surface area contributed by atoms with Crippen molar-refractivity contribution < 1.29 is 22.4 Å². The lowest BCUT2D eigenvalue weighted by Crippen LogP contribution is -2.41. The number of carbonyl (C=O) groups is 2. The Morgan fingerprint density at radius 3 is 2.50 bits per heavy atom. The molecule has 3 rings (SSSR count). The van der Waals surface area contributed by atoms with Crippen LogP contribution >= 0.6 is 0 Å². The van der Waals surface area contributed by atoms with Crippen LogP contribution in [0, 0.1) is 6.92 Å². The van der Waals surface area contributed by atoms with E-state index >= 15 is 0 Å². The number of hydrogen-bond donors (Lipinski definition) is 2. The molecule has 0 atom stereocenters. The van der Waals surface area contributed by atoms with E-state index in [9.17, 15) is 18.0 Å². The molecule has 9 nitrogen and oxygen atoms in total. The highest BCUT2D eigenvalue weighted by Gasteiger charge is 2.31. The first-order chi connectivity index (χ1) is 12.4. The maximum Gasteiger partial charge on any atom is 0.305 e. The predicted molar refractivity (Wildman–Crippen MR) is 90.6 cm³/mol. The molecule has 2 amide bonds. The van der Waals surface area contributed by atoms with Crippen LogP contribution in [0.3, 0.4) is 0 Å². The van der Waals surface area contributed by atoms with Crippen molar-refractivity contribution >= 4 is 21.8 Å². The number of carbonyl (C=O) groups excluding carboxylic acids is 2. The number of nitrogens with zero attached hydrogens (tertiary/aromatic N) is 2. The molecule has 0 aromatic carbocycles. The van der Waals surface area contributed by atoms with E-state index in [2.05, 4.69) is 15.8 Å². The molecule has 0 saturated carbocycles. The van der Waals surface area contributed by atoms with Gasteiger partial charge in [0.15, 0.2) is 5.76 Å². The van der Waals surface area contributed by atoms with Crippen molar-refractivity contribution in [3.63, 3.8) is 0 Å². The molecule has 2 N–H and O–H groups in total. The van der Waals surface area contributed by atoms with Crippen LogP contribution < -0.4 is 10.9 Å². The van der Waals surface area contributed by atoms with Gasteiger partial charge in [0, 0.05) is 25.4 Å². The van der Waals surface area contributed by atoms with Crippen molar-refractivity contribution in [3.05, 3.63) is 47.7 Å². The summed E-state index contributed by atoms with van der Waals surface area (Å²) in [5.41, 5.74) is 4.50. The van der Waals surface area contributed by atoms with Gasteiger partial charge in [0.1, 0.15) is 16.3 Å². The first kappa shape index (κ1) is 18.1. The SMILES string of the molecule is Cc1oc(C(=O)NNC(=O)c2ccccn2)cc1S(=O)(=O)N1CCCC1. The summed E-state index contributed by atoms with van der Waals surface area (Å²) in [4.78, 5) is 27.8. The highest BCUT2D eigenvalue weighted by Crippen LogP contribution is 2.26. The van der Waals surface area contributed by atoms with E-state index in [0.29, 0.717) is 13.1 Å². The Hall–Kier alpha value is -2.72. The minimum Gasteiger partial charge on any atom is -0.455 e. The summed E-state index contributed by atoms with van der Waals surface area (Å²) in [6.07, 6.45) is 3.06. The summed E-state index contributed by atoms with van der Waals surface area (Å²) in [6.45, 7) is 2.38. The number of sulfonamides is 1. The van der Waals surface area contributed by atoms with Crippen molar-refractivity contribution in [1.82, 2.24) is 20.1 Å². The molecule has 26 heavy (non-hydrogen) atoms. The topological polar surface area (TPSA) is 122 Å². The quantitative estimate of drug-likeness (QED) is 0.761. The van der Waals surface area contributed by atoms with Crippen LogP contribution in [0.1, 0.15) is 39.6 Å². The fourth-order valence-electron chi connectivity index (χ4n) is 2.64. The minimum absolute atomic E-state index is 0.0411. The summed E-state index contributed by atoms with van der Waals surface area (Å²) < 4.78 is 31.8. The summed E-state index contributed by atoms with van der Waals surface area (Å²) in [5, 5.41) is 0. The zero-order chi connectivity index (χ0) is 18.7. The zero-order valence-corrected chi connectivity index (χ0v) is 14.9. The van der Waals surface area contributed by atoms with Crippen LogP contribution in [-0.4, -0.2) is 42.6 Å². The molecule has 3 heterocycles. The van der Waals surface area contributed by atoms with Crippen molar-refractivity contribution in [2.24, 2.45) is 0 Å². The lowest BCUT2D eigenvalue weighted by atomic mass is 10.3. The Labute approximate surface area is 150 Å². The normalized spacial score (nSPS) is 15.0. The van der Waals surface area contributed by atoms with Gasteiger partial charge in [-0.1, -0.05) is 6.07 Å². The number of aryl methyl sites for hydroxylation is 1. The van der Waals surface area contributed by atoms with Crippen molar-refractivity contribution in [1.29, 1.82) is 0 Å². The Balaban J connectivity index is 1.70. The number of rotatable bonds is 4. The Kier molecular flexibility index (Phi) is 5.05. The molecule has 2 aromatic rings. The van der Waals surface area contributed by atoms with Gasteiger partial charge in [0.25, 0.3) is 5.91 Å². The van der Waals surface area contributed by atoms with Gasteiger partial charge in [-0.05, 0) is 31.9 Å². The van der Waals surface area contributed by atoms with Crippen molar-refractivity contribution in [2.45, 2.75) is 24.7 Å². The largest absolute Gasteiger partial charge is 0.455 e. The minimum atomic E-state index is -3.69. The first-order valence-corrected chi connectivity index (χ1v) is 9.46. The van der Waals surface area contributed by atoms with Crippen molar-refractivity contribution in [2.75, 3.05) is 13.1 Å². The predicted octanol–water partition coefficient (Wildman–Crippen LogP) is 0.842. The van der Waals surface area contributed by atoms with E-state index in [1.165, 1.54) is 29.6 Å². The molecule has 0 unspecified atom stereocenters. The van der Waals surface area contributed by atoms with Gasteiger partial charge in [-0.2, -0.15) is 4.31 Å². The van der Waals surface area contributed by atoms with Gasteiger partial charge in [-0.3, -0.25) is 25.4 Å². The maximum absolute atomic E-state index is 12.6. The fraction of sp³-hybridized carbons (Fsp3) is 0.312. The Bertz CT molecular complexity index is 917. The third-order valence-corrected chi connectivity index (χ3v) is 5.97. The smallest absolute Gasteiger partial charge is 0.305 e. The van der Waals surface area contributed by atoms with Gasteiger partial charge < -0.3 is 4.42 Å². The van der Waals surface area contributed by atoms with Gasteiger partial charge >= 0.3 is 5.91 Å². The van der Waals surface area contributed by atoms with E-state index < -0.39 is 21.8 Å². The molecular formula is C16H18N4O5S.